The third kappa shape index (κ3) is 2.96. The van der Waals surface area contributed by atoms with Crippen LogP contribution in [0.25, 0.3) is 0 Å². The molecule has 1 aromatic rings. The van der Waals surface area contributed by atoms with Gasteiger partial charge in [-0.1, -0.05) is 43.9 Å². The molecule has 3 aliphatic rings. The lowest BCUT2D eigenvalue weighted by Gasteiger charge is -2.28. The van der Waals surface area contributed by atoms with Gasteiger partial charge in [-0.05, 0) is 50.7 Å². The summed E-state index contributed by atoms with van der Waals surface area (Å²) >= 11 is 0. The summed E-state index contributed by atoms with van der Waals surface area (Å²) in [6.07, 6.45) is 9.26. The number of fused-ring (bicyclic) bond motifs is 1. The Morgan fingerprint density at radius 2 is 1.76 bits per heavy atom. The maximum absolute atomic E-state index is 13.3. The van der Waals surface area contributed by atoms with Gasteiger partial charge in [-0.15, -0.1) is 0 Å². The first-order valence-corrected chi connectivity index (χ1v) is 9.84. The van der Waals surface area contributed by atoms with Gasteiger partial charge in [0, 0.05) is 17.8 Å². The highest BCUT2D eigenvalue weighted by molar-refractivity contribution is 6.15. The van der Waals surface area contributed by atoms with Crippen molar-refractivity contribution in [1.82, 2.24) is 5.32 Å². The Labute approximate surface area is 150 Å². The number of amides is 2. The van der Waals surface area contributed by atoms with Crippen LogP contribution in [-0.4, -0.2) is 23.9 Å². The molecule has 0 aromatic heterocycles. The first kappa shape index (κ1) is 16.6. The molecular weight excluding hydrogens is 312 g/mol. The number of anilines is 1. The number of carbonyl (C=O) groups excluding carboxylic acids is 2. The van der Waals surface area contributed by atoms with E-state index in [9.17, 15) is 9.59 Å². The van der Waals surface area contributed by atoms with Crippen molar-refractivity contribution >= 4 is 17.5 Å². The van der Waals surface area contributed by atoms with Gasteiger partial charge in [-0.25, -0.2) is 0 Å². The highest BCUT2D eigenvalue weighted by Gasteiger charge is 2.59. The van der Waals surface area contributed by atoms with Crippen molar-refractivity contribution in [2.75, 3.05) is 4.90 Å². The SMILES string of the molecule is CC1Cc2ccccc2N1C(=O)C1(C(=O)NC2CCCCCC2)CC1. The molecule has 4 heteroatoms. The summed E-state index contributed by atoms with van der Waals surface area (Å²) in [6.45, 7) is 2.08. The van der Waals surface area contributed by atoms with Gasteiger partial charge in [0.2, 0.25) is 11.8 Å². The quantitative estimate of drug-likeness (QED) is 0.675. The minimum Gasteiger partial charge on any atom is -0.352 e. The predicted octanol–water partition coefficient (Wildman–Crippen LogP) is 3.58. The Morgan fingerprint density at radius 1 is 1.08 bits per heavy atom. The number of carbonyl (C=O) groups is 2. The van der Waals surface area contributed by atoms with Crippen molar-refractivity contribution in [3.63, 3.8) is 0 Å². The molecule has 2 aliphatic carbocycles. The molecule has 0 spiro atoms. The molecule has 0 radical (unpaired) electrons. The summed E-state index contributed by atoms with van der Waals surface area (Å²) in [6, 6.07) is 8.48. The maximum Gasteiger partial charge on any atom is 0.242 e. The molecule has 0 bridgehead atoms. The minimum absolute atomic E-state index is 0.0103. The predicted molar refractivity (Wildman–Crippen MR) is 98.4 cm³/mol. The molecule has 134 valence electrons. The van der Waals surface area contributed by atoms with E-state index in [0.29, 0.717) is 12.8 Å². The van der Waals surface area contributed by atoms with Crippen molar-refractivity contribution in [3.05, 3.63) is 29.8 Å². The summed E-state index contributed by atoms with van der Waals surface area (Å²) in [4.78, 5) is 28.2. The second-order valence-electron chi connectivity index (χ2n) is 8.10. The van der Waals surface area contributed by atoms with E-state index in [1.807, 2.05) is 23.1 Å². The highest BCUT2D eigenvalue weighted by Crippen LogP contribution is 2.50. The Bertz CT molecular complexity index is 672. The van der Waals surface area contributed by atoms with Crippen molar-refractivity contribution in [2.45, 2.75) is 76.8 Å². The van der Waals surface area contributed by atoms with E-state index < -0.39 is 5.41 Å². The van der Waals surface area contributed by atoms with E-state index in [-0.39, 0.29) is 23.9 Å². The Kier molecular flexibility index (Phi) is 4.30. The molecule has 1 unspecified atom stereocenters. The monoisotopic (exact) mass is 340 g/mol. The topological polar surface area (TPSA) is 49.4 Å². The van der Waals surface area contributed by atoms with Crippen LogP contribution in [0.2, 0.25) is 0 Å². The van der Waals surface area contributed by atoms with E-state index >= 15 is 0 Å². The Hall–Kier alpha value is -1.84. The third-order valence-corrected chi connectivity index (χ3v) is 6.21. The summed E-state index contributed by atoms with van der Waals surface area (Å²) in [7, 11) is 0. The highest BCUT2D eigenvalue weighted by atomic mass is 16.2. The van der Waals surface area contributed by atoms with Crippen molar-refractivity contribution in [3.8, 4) is 0 Å². The van der Waals surface area contributed by atoms with Crippen LogP contribution in [0.15, 0.2) is 24.3 Å². The molecule has 0 saturated heterocycles. The number of benzene rings is 1. The summed E-state index contributed by atoms with van der Waals surface area (Å²) < 4.78 is 0. The normalized spacial score (nSPS) is 25.2. The molecule has 2 fully saturated rings. The van der Waals surface area contributed by atoms with Crippen LogP contribution < -0.4 is 10.2 Å². The van der Waals surface area contributed by atoms with Gasteiger partial charge in [0.25, 0.3) is 0 Å². The van der Waals surface area contributed by atoms with Gasteiger partial charge < -0.3 is 10.2 Å². The molecular formula is C21H28N2O2. The van der Waals surface area contributed by atoms with E-state index in [2.05, 4.69) is 18.3 Å². The largest absolute Gasteiger partial charge is 0.352 e. The molecule has 4 nitrogen and oxygen atoms in total. The third-order valence-electron chi connectivity index (χ3n) is 6.21. The molecule has 2 saturated carbocycles. The zero-order valence-corrected chi connectivity index (χ0v) is 15.1. The maximum atomic E-state index is 13.3. The zero-order chi connectivity index (χ0) is 17.4. The van der Waals surface area contributed by atoms with E-state index in [1.54, 1.807) is 0 Å². The molecule has 4 rings (SSSR count). The minimum atomic E-state index is -0.808. The number of hydrogen-bond acceptors (Lipinski definition) is 2. The van der Waals surface area contributed by atoms with Crippen molar-refractivity contribution in [2.24, 2.45) is 5.41 Å². The second kappa shape index (κ2) is 6.47. The molecule has 1 aliphatic heterocycles. The second-order valence-corrected chi connectivity index (χ2v) is 8.10. The van der Waals surface area contributed by atoms with Crippen LogP contribution in [-0.2, 0) is 16.0 Å². The number of nitrogens with one attached hydrogen (secondary N) is 1. The van der Waals surface area contributed by atoms with E-state index in [1.165, 1.54) is 31.2 Å². The lowest BCUT2D eigenvalue weighted by atomic mass is 10.0. The zero-order valence-electron chi connectivity index (χ0n) is 15.1. The molecule has 1 N–H and O–H groups in total. The number of rotatable bonds is 3. The van der Waals surface area contributed by atoms with Crippen molar-refractivity contribution < 1.29 is 9.59 Å². The first-order chi connectivity index (χ1) is 12.1. The van der Waals surface area contributed by atoms with Gasteiger partial charge in [0.15, 0.2) is 0 Å². The molecule has 1 atom stereocenters. The van der Waals surface area contributed by atoms with Gasteiger partial charge in [0.05, 0.1) is 0 Å². The molecule has 25 heavy (non-hydrogen) atoms. The van der Waals surface area contributed by atoms with Crippen LogP contribution >= 0.6 is 0 Å². The number of para-hydroxylation sites is 1. The smallest absolute Gasteiger partial charge is 0.242 e. The van der Waals surface area contributed by atoms with Crippen LogP contribution in [0.4, 0.5) is 5.69 Å². The Balaban J connectivity index is 1.50. The Morgan fingerprint density at radius 3 is 2.44 bits per heavy atom. The average molecular weight is 340 g/mol. The summed E-state index contributed by atoms with van der Waals surface area (Å²) in [5.41, 5.74) is 1.40. The molecule has 1 aromatic carbocycles. The van der Waals surface area contributed by atoms with E-state index in [4.69, 9.17) is 0 Å². The lowest BCUT2D eigenvalue weighted by Crippen LogP contribution is -2.49. The fourth-order valence-electron chi connectivity index (χ4n) is 4.52. The standard InChI is InChI=1S/C21H28N2O2/c1-15-14-16-8-6-7-11-18(16)23(15)20(25)21(12-13-21)19(24)22-17-9-4-2-3-5-10-17/h6-8,11,15,17H,2-5,9-10,12-14H2,1H3,(H,22,24). The molecule has 1 heterocycles. The fourth-order valence-corrected chi connectivity index (χ4v) is 4.52. The lowest BCUT2D eigenvalue weighted by molar-refractivity contribution is -0.136. The van der Waals surface area contributed by atoms with Crippen LogP contribution in [0.1, 0.15) is 63.9 Å². The van der Waals surface area contributed by atoms with Crippen LogP contribution in [0, 0.1) is 5.41 Å². The number of hydrogen-bond donors (Lipinski definition) is 1. The van der Waals surface area contributed by atoms with Gasteiger partial charge in [0.1, 0.15) is 5.41 Å². The van der Waals surface area contributed by atoms with Gasteiger partial charge in [-0.2, -0.15) is 0 Å². The van der Waals surface area contributed by atoms with E-state index in [0.717, 1.165) is 24.9 Å². The number of nitrogens with zero attached hydrogens (tertiary/aromatic N) is 1. The molecule has 2 amide bonds. The summed E-state index contributed by atoms with van der Waals surface area (Å²) in [5, 5.41) is 3.22. The van der Waals surface area contributed by atoms with Gasteiger partial charge in [-0.3, -0.25) is 9.59 Å². The van der Waals surface area contributed by atoms with Crippen LogP contribution in [0.3, 0.4) is 0 Å². The van der Waals surface area contributed by atoms with Crippen molar-refractivity contribution in [1.29, 1.82) is 0 Å². The fraction of sp³-hybridized carbons (Fsp3) is 0.619. The first-order valence-electron chi connectivity index (χ1n) is 9.84. The van der Waals surface area contributed by atoms with Crippen LogP contribution in [0.5, 0.6) is 0 Å². The van der Waals surface area contributed by atoms with Gasteiger partial charge >= 0.3 is 0 Å². The average Bonchev–Trinajstić information content (AvgIpc) is 3.37. The summed E-state index contributed by atoms with van der Waals surface area (Å²) in [5.74, 6) is -0.0166.